The van der Waals surface area contributed by atoms with Gasteiger partial charge in [-0.05, 0) is 18.6 Å². The highest BCUT2D eigenvalue weighted by atomic mass is 16.6. The van der Waals surface area contributed by atoms with Gasteiger partial charge in [0.15, 0.2) is 5.75 Å². The minimum atomic E-state index is -0.893. The van der Waals surface area contributed by atoms with Crippen LogP contribution in [0.3, 0.4) is 0 Å². The lowest BCUT2D eigenvalue weighted by Crippen LogP contribution is -2.43. The van der Waals surface area contributed by atoms with Gasteiger partial charge in [-0.15, -0.1) is 0 Å². The van der Waals surface area contributed by atoms with Gasteiger partial charge in [0, 0.05) is 18.9 Å². The number of benzene rings is 1. The Bertz CT molecular complexity index is 587. The number of carbonyl (C=O) groups is 2. The fourth-order valence-corrected chi connectivity index (χ4v) is 1.97. The Balaban J connectivity index is 3.02. The molecular formula is C15H20N2O6. The fraction of sp³-hybridized carbons (Fsp3) is 0.467. The van der Waals surface area contributed by atoms with Crippen molar-refractivity contribution >= 4 is 17.6 Å². The van der Waals surface area contributed by atoms with Gasteiger partial charge in [-0.1, -0.05) is 13.0 Å². The molecule has 0 aliphatic heterocycles. The molecule has 0 saturated heterocycles. The van der Waals surface area contributed by atoms with E-state index in [4.69, 9.17) is 9.47 Å². The lowest BCUT2D eigenvalue weighted by atomic mass is 10.0. The average molecular weight is 324 g/mol. The summed E-state index contributed by atoms with van der Waals surface area (Å²) < 4.78 is 9.86. The van der Waals surface area contributed by atoms with Gasteiger partial charge < -0.3 is 14.8 Å². The van der Waals surface area contributed by atoms with Crippen LogP contribution in [0.15, 0.2) is 18.2 Å². The van der Waals surface area contributed by atoms with Crippen LogP contribution in [0, 0.1) is 10.1 Å². The molecule has 0 radical (unpaired) electrons. The predicted molar refractivity (Wildman–Crippen MR) is 82.2 cm³/mol. The predicted octanol–water partition coefficient (Wildman–Crippen LogP) is 1.60. The molecule has 1 rings (SSSR count). The van der Waals surface area contributed by atoms with Gasteiger partial charge in [0.05, 0.1) is 18.6 Å². The number of nitro groups is 1. The first-order chi connectivity index (χ1) is 10.9. The summed E-state index contributed by atoms with van der Waals surface area (Å²) in [5, 5.41) is 13.6. The number of hydrogen-bond donors (Lipinski definition) is 1. The van der Waals surface area contributed by atoms with Gasteiger partial charge in [0.25, 0.3) is 0 Å². The molecule has 0 unspecified atom stereocenters. The lowest BCUT2D eigenvalue weighted by molar-refractivity contribution is -0.385. The molecule has 0 aliphatic carbocycles. The number of esters is 1. The number of amides is 1. The van der Waals surface area contributed by atoms with Crippen LogP contribution in [0.4, 0.5) is 5.69 Å². The molecule has 1 atom stereocenters. The molecule has 0 heterocycles. The van der Waals surface area contributed by atoms with Crippen LogP contribution in [-0.4, -0.2) is 36.6 Å². The Morgan fingerprint density at radius 2 is 2.04 bits per heavy atom. The van der Waals surface area contributed by atoms with E-state index in [2.05, 4.69) is 5.32 Å². The molecule has 0 spiro atoms. The van der Waals surface area contributed by atoms with Crippen LogP contribution >= 0.6 is 0 Å². The molecule has 8 nitrogen and oxygen atoms in total. The molecule has 0 aromatic heterocycles. The number of rotatable bonds is 8. The topological polar surface area (TPSA) is 108 Å². The Morgan fingerprint density at radius 3 is 2.57 bits per heavy atom. The minimum absolute atomic E-state index is 0.0927. The van der Waals surface area contributed by atoms with Crippen molar-refractivity contribution < 1.29 is 24.0 Å². The summed E-state index contributed by atoms with van der Waals surface area (Å²) >= 11 is 0. The third kappa shape index (κ3) is 5.24. The summed E-state index contributed by atoms with van der Waals surface area (Å²) in [5.41, 5.74) is 0.321. The fourth-order valence-electron chi connectivity index (χ4n) is 1.97. The van der Waals surface area contributed by atoms with Gasteiger partial charge >= 0.3 is 11.7 Å². The highest BCUT2D eigenvalue weighted by molar-refractivity contribution is 5.84. The van der Waals surface area contributed by atoms with Crippen LogP contribution in [0.5, 0.6) is 5.75 Å². The molecular weight excluding hydrogens is 304 g/mol. The van der Waals surface area contributed by atoms with Crippen molar-refractivity contribution in [1.29, 1.82) is 0 Å². The van der Waals surface area contributed by atoms with Gasteiger partial charge in [-0.2, -0.15) is 0 Å². The lowest BCUT2D eigenvalue weighted by Gasteiger charge is -2.17. The third-order valence-electron chi connectivity index (χ3n) is 3.11. The van der Waals surface area contributed by atoms with Crippen molar-refractivity contribution in [3.8, 4) is 5.75 Å². The average Bonchev–Trinajstić information content (AvgIpc) is 2.54. The normalized spacial score (nSPS) is 11.4. The van der Waals surface area contributed by atoms with Crippen LogP contribution in [0.25, 0.3) is 0 Å². The van der Waals surface area contributed by atoms with Gasteiger partial charge in [-0.3, -0.25) is 14.9 Å². The second-order valence-corrected chi connectivity index (χ2v) is 4.69. The van der Waals surface area contributed by atoms with Crippen molar-refractivity contribution in [2.24, 2.45) is 0 Å². The van der Waals surface area contributed by atoms with Gasteiger partial charge in [-0.25, -0.2) is 4.79 Å². The molecule has 1 amide bonds. The second-order valence-electron chi connectivity index (χ2n) is 4.69. The molecule has 0 aliphatic rings. The Labute approximate surface area is 133 Å². The summed E-state index contributed by atoms with van der Waals surface area (Å²) in [6.45, 7) is 3.50. The summed E-state index contributed by atoms with van der Waals surface area (Å²) in [6, 6.07) is 3.49. The number of methoxy groups -OCH3 is 1. The zero-order valence-electron chi connectivity index (χ0n) is 13.3. The van der Waals surface area contributed by atoms with E-state index in [9.17, 15) is 19.7 Å². The Morgan fingerprint density at radius 1 is 1.35 bits per heavy atom. The maximum atomic E-state index is 11.9. The molecule has 126 valence electrons. The van der Waals surface area contributed by atoms with Crippen molar-refractivity contribution in [3.05, 3.63) is 33.9 Å². The van der Waals surface area contributed by atoms with Crippen molar-refractivity contribution in [3.63, 3.8) is 0 Å². The van der Waals surface area contributed by atoms with Crippen LogP contribution in [0.2, 0.25) is 0 Å². The SMILES string of the molecule is CCOC(=O)[C@H](Cc1ccc(OC)c([N+](=O)[O-])c1)NC(=O)CC. The molecule has 1 N–H and O–H groups in total. The first kappa shape index (κ1) is 18.4. The number of nitro benzene ring substituents is 1. The molecule has 23 heavy (non-hydrogen) atoms. The van der Waals surface area contributed by atoms with E-state index in [1.807, 2.05) is 0 Å². The molecule has 0 saturated carbocycles. The van der Waals surface area contributed by atoms with E-state index in [-0.39, 0.29) is 36.8 Å². The van der Waals surface area contributed by atoms with E-state index in [0.29, 0.717) is 5.56 Å². The molecule has 0 fully saturated rings. The standard InChI is InChI=1S/C15H20N2O6/c1-4-14(18)16-11(15(19)23-5-2)8-10-6-7-13(22-3)12(9-10)17(20)21/h6-7,9,11H,4-5,8H2,1-3H3,(H,16,18)/t11-/m0/s1. The minimum Gasteiger partial charge on any atom is -0.490 e. The molecule has 0 bridgehead atoms. The zero-order valence-corrected chi connectivity index (χ0v) is 13.3. The molecule has 1 aromatic rings. The number of hydrogen-bond acceptors (Lipinski definition) is 6. The maximum absolute atomic E-state index is 11.9. The molecule has 1 aromatic carbocycles. The number of nitrogens with zero attached hydrogens (tertiary/aromatic N) is 1. The summed E-state index contributed by atoms with van der Waals surface area (Å²) in [5.74, 6) is -0.747. The van der Waals surface area contributed by atoms with Crippen LogP contribution in [-0.2, 0) is 20.7 Å². The van der Waals surface area contributed by atoms with E-state index in [1.165, 1.54) is 19.2 Å². The van der Waals surface area contributed by atoms with Gasteiger partial charge in [0.2, 0.25) is 5.91 Å². The number of ether oxygens (including phenoxy) is 2. The first-order valence-electron chi connectivity index (χ1n) is 7.20. The van der Waals surface area contributed by atoms with Crippen molar-refractivity contribution in [2.75, 3.05) is 13.7 Å². The maximum Gasteiger partial charge on any atom is 0.328 e. The Kier molecular flexibility index (Phi) is 6.98. The van der Waals surface area contributed by atoms with Gasteiger partial charge in [0.1, 0.15) is 6.04 Å². The largest absolute Gasteiger partial charge is 0.490 e. The molecule has 8 heteroatoms. The van der Waals surface area contributed by atoms with Crippen molar-refractivity contribution in [2.45, 2.75) is 32.7 Å². The summed E-state index contributed by atoms with van der Waals surface area (Å²) in [7, 11) is 1.34. The number of nitrogens with one attached hydrogen (secondary N) is 1. The third-order valence-corrected chi connectivity index (χ3v) is 3.11. The summed E-state index contributed by atoms with van der Waals surface area (Å²) in [4.78, 5) is 34.0. The monoisotopic (exact) mass is 324 g/mol. The second kappa shape index (κ2) is 8.72. The van der Waals surface area contributed by atoms with Crippen LogP contribution < -0.4 is 10.1 Å². The van der Waals surface area contributed by atoms with Crippen molar-refractivity contribution in [1.82, 2.24) is 5.32 Å². The highest BCUT2D eigenvalue weighted by Gasteiger charge is 2.24. The summed E-state index contributed by atoms with van der Waals surface area (Å²) in [6.07, 6.45) is 0.314. The Hall–Kier alpha value is -2.64. The van der Waals surface area contributed by atoms with Crippen LogP contribution in [0.1, 0.15) is 25.8 Å². The number of carbonyl (C=O) groups excluding carboxylic acids is 2. The van der Waals surface area contributed by atoms with E-state index >= 15 is 0 Å². The zero-order chi connectivity index (χ0) is 17.4. The first-order valence-corrected chi connectivity index (χ1v) is 7.20. The van der Waals surface area contributed by atoms with E-state index in [1.54, 1.807) is 19.9 Å². The van der Waals surface area contributed by atoms with E-state index < -0.39 is 16.9 Å². The smallest absolute Gasteiger partial charge is 0.328 e. The quantitative estimate of drug-likeness (QED) is 0.442. The van der Waals surface area contributed by atoms with E-state index in [0.717, 1.165) is 0 Å². The highest BCUT2D eigenvalue weighted by Crippen LogP contribution is 2.28.